The van der Waals surface area contributed by atoms with Crippen LogP contribution in [0.2, 0.25) is 0 Å². The molecule has 0 saturated carbocycles. The second-order valence-electron chi connectivity index (χ2n) is 4.63. The van der Waals surface area contributed by atoms with Crippen LogP contribution in [0.3, 0.4) is 0 Å². The van der Waals surface area contributed by atoms with E-state index in [0.29, 0.717) is 6.42 Å². The van der Waals surface area contributed by atoms with Gasteiger partial charge in [-0.05, 0) is 43.1 Å². The van der Waals surface area contributed by atoms with Gasteiger partial charge in [0.2, 0.25) is 0 Å². The van der Waals surface area contributed by atoms with Crippen LogP contribution in [-0.4, -0.2) is 13.1 Å². The molecular weight excluding hydrogens is 244 g/mol. The molecule has 2 rings (SSSR count). The second-order valence-corrected chi connectivity index (χ2v) is 4.63. The van der Waals surface area contributed by atoms with Crippen LogP contribution in [0.15, 0.2) is 48.5 Å². The first-order chi connectivity index (χ1) is 9.19. The number of rotatable bonds is 5. The lowest BCUT2D eigenvalue weighted by Gasteiger charge is -2.16. The van der Waals surface area contributed by atoms with Crippen molar-refractivity contribution >= 4 is 0 Å². The maximum atomic E-state index is 13.2. The average Bonchev–Trinajstić information content (AvgIpc) is 2.43. The first-order valence-electron chi connectivity index (χ1n) is 6.34. The third-order valence-electron chi connectivity index (χ3n) is 3.20. The van der Waals surface area contributed by atoms with E-state index in [1.165, 1.54) is 17.7 Å². The maximum Gasteiger partial charge on any atom is 0.159 e. The molecule has 2 aromatic carbocycles. The summed E-state index contributed by atoms with van der Waals surface area (Å²) in [5, 5.41) is 3.22. The fourth-order valence-corrected chi connectivity index (χ4v) is 2.13. The van der Waals surface area contributed by atoms with E-state index >= 15 is 0 Å². The van der Waals surface area contributed by atoms with Crippen LogP contribution in [-0.2, 0) is 12.8 Å². The zero-order chi connectivity index (χ0) is 13.7. The number of halogens is 2. The highest BCUT2D eigenvalue weighted by Gasteiger charge is 2.10. The van der Waals surface area contributed by atoms with E-state index in [0.717, 1.165) is 12.0 Å². The minimum atomic E-state index is -0.798. The van der Waals surface area contributed by atoms with Crippen molar-refractivity contribution in [2.75, 3.05) is 7.05 Å². The summed E-state index contributed by atoms with van der Waals surface area (Å²) in [6.07, 6.45) is 1.53. The lowest BCUT2D eigenvalue weighted by Crippen LogP contribution is -2.29. The fourth-order valence-electron chi connectivity index (χ4n) is 2.13. The molecule has 0 bridgehead atoms. The van der Waals surface area contributed by atoms with Crippen molar-refractivity contribution in [1.82, 2.24) is 5.32 Å². The summed E-state index contributed by atoms with van der Waals surface area (Å²) in [7, 11) is 1.88. The third kappa shape index (κ3) is 3.86. The Kier molecular flexibility index (Phi) is 4.63. The molecule has 0 aliphatic heterocycles. The van der Waals surface area contributed by atoms with Gasteiger partial charge in [0.1, 0.15) is 0 Å². The summed E-state index contributed by atoms with van der Waals surface area (Å²) in [5.41, 5.74) is 2.03. The third-order valence-corrected chi connectivity index (χ3v) is 3.20. The molecule has 1 unspecified atom stereocenters. The standard InChI is InChI=1S/C16H17F2N/c1-19-14(9-12-5-3-2-4-6-12)10-13-7-8-15(17)16(18)11-13/h2-8,11,14,19H,9-10H2,1H3. The monoisotopic (exact) mass is 261 g/mol. The van der Waals surface area contributed by atoms with Crippen LogP contribution in [0.25, 0.3) is 0 Å². The Hall–Kier alpha value is -1.74. The topological polar surface area (TPSA) is 12.0 Å². The van der Waals surface area contributed by atoms with Gasteiger partial charge >= 0.3 is 0 Å². The van der Waals surface area contributed by atoms with Crippen molar-refractivity contribution in [1.29, 1.82) is 0 Å². The summed E-state index contributed by atoms with van der Waals surface area (Å²) in [6.45, 7) is 0. The number of benzene rings is 2. The molecule has 0 radical (unpaired) electrons. The molecular formula is C16H17F2N. The van der Waals surface area contributed by atoms with Gasteiger partial charge in [-0.15, -0.1) is 0 Å². The smallest absolute Gasteiger partial charge is 0.159 e. The lowest BCUT2D eigenvalue weighted by molar-refractivity contribution is 0.503. The van der Waals surface area contributed by atoms with Crippen LogP contribution in [0.5, 0.6) is 0 Å². The van der Waals surface area contributed by atoms with Gasteiger partial charge in [0.25, 0.3) is 0 Å². The SMILES string of the molecule is CNC(Cc1ccccc1)Cc1ccc(F)c(F)c1. The van der Waals surface area contributed by atoms with Gasteiger partial charge in [-0.3, -0.25) is 0 Å². The Labute approximate surface area is 112 Å². The zero-order valence-electron chi connectivity index (χ0n) is 10.9. The molecule has 0 amide bonds. The summed E-state index contributed by atoms with van der Waals surface area (Å²) in [4.78, 5) is 0. The van der Waals surface area contributed by atoms with Crippen LogP contribution in [0, 0.1) is 11.6 Å². The highest BCUT2D eigenvalue weighted by Crippen LogP contribution is 2.12. The minimum absolute atomic E-state index is 0.201. The quantitative estimate of drug-likeness (QED) is 0.870. The normalized spacial score (nSPS) is 12.4. The van der Waals surface area contributed by atoms with E-state index < -0.39 is 11.6 Å². The minimum Gasteiger partial charge on any atom is -0.316 e. The van der Waals surface area contributed by atoms with Gasteiger partial charge in [0.15, 0.2) is 11.6 Å². The molecule has 0 saturated heterocycles. The molecule has 0 spiro atoms. The Morgan fingerprint density at radius 3 is 2.21 bits per heavy atom. The summed E-state index contributed by atoms with van der Waals surface area (Å²) in [5.74, 6) is -1.58. The Balaban J connectivity index is 2.04. The molecule has 1 atom stereocenters. The fraction of sp³-hybridized carbons (Fsp3) is 0.250. The van der Waals surface area contributed by atoms with Crippen molar-refractivity contribution in [3.63, 3.8) is 0 Å². The van der Waals surface area contributed by atoms with Gasteiger partial charge in [0.05, 0.1) is 0 Å². The van der Waals surface area contributed by atoms with Gasteiger partial charge in [-0.25, -0.2) is 8.78 Å². The zero-order valence-corrected chi connectivity index (χ0v) is 10.9. The molecule has 1 N–H and O–H groups in total. The van der Waals surface area contributed by atoms with Gasteiger partial charge in [0, 0.05) is 6.04 Å². The lowest BCUT2D eigenvalue weighted by atomic mass is 9.99. The van der Waals surface area contributed by atoms with E-state index in [2.05, 4.69) is 17.4 Å². The number of hydrogen-bond donors (Lipinski definition) is 1. The average molecular weight is 261 g/mol. The van der Waals surface area contributed by atoms with Crippen molar-refractivity contribution < 1.29 is 8.78 Å². The molecule has 0 aliphatic rings. The summed E-state index contributed by atoms with van der Waals surface area (Å²) < 4.78 is 26.0. The van der Waals surface area contributed by atoms with E-state index in [1.807, 2.05) is 25.2 Å². The first-order valence-corrected chi connectivity index (χ1v) is 6.34. The van der Waals surface area contributed by atoms with Crippen molar-refractivity contribution in [2.45, 2.75) is 18.9 Å². The number of likely N-dealkylation sites (N-methyl/N-ethyl adjacent to an activating group) is 1. The van der Waals surface area contributed by atoms with Gasteiger partial charge < -0.3 is 5.32 Å². The Morgan fingerprint density at radius 2 is 1.58 bits per heavy atom. The molecule has 1 nitrogen and oxygen atoms in total. The summed E-state index contributed by atoms with van der Waals surface area (Å²) in [6, 6.07) is 14.4. The van der Waals surface area contributed by atoms with Crippen LogP contribution in [0.1, 0.15) is 11.1 Å². The van der Waals surface area contributed by atoms with Gasteiger partial charge in [-0.1, -0.05) is 36.4 Å². The first kappa shape index (κ1) is 13.7. The molecule has 2 aromatic rings. The van der Waals surface area contributed by atoms with E-state index in [4.69, 9.17) is 0 Å². The molecule has 100 valence electrons. The summed E-state index contributed by atoms with van der Waals surface area (Å²) >= 11 is 0. The van der Waals surface area contributed by atoms with Crippen molar-refractivity contribution in [3.8, 4) is 0 Å². The van der Waals surface area contributed by atoms with E-state index in [1.54, 1.807) is 6.07 Å². The highest BCUT2D eigenvalue weighted by atomic mass is 19.2. The van der Waals surface area contributed by atoms with Crippen molar-refractivity contribution in [3.05, 3.63) is 71.3 Å². The van der Waals surface area contributed by atoms with E-state index in [-0.39, 0.29) is 6.04 Å². The van der Waals surface area contributed by atoms with Crippen LogP contribution in [0.4, 0.5) is 8.78 Å². The molecule has 19 heavy (non-hydrogen) atoms. The predicted octanol–water partition coefficient (Wildman–Crippen LogP) is 3.34. The molecule has 0 fully saturated rings. The predicted molar refractivity (Wildman–Crippen MR) is 73.1 cm³/mol. The molecule has 0 aliphatic carbocycles. The second kappa shape index (κ2) is 6.43. The number of hydrogen-bond acceptors (Lipinski definition) is 1. The Bertz CT molecular complexity index is 526. The van der Waals surface area contributed by atoms with Crippen LogP contribution >= 0.6 is 0 Å². The maximum absolute atomic E-state index is 13.2. The molecule has 0 aromatic heterocycles. The molecule has 0 heterocycles. The molecule has 3 heteroatoms. The number of nitrogens with one attached hydrogen (secondary N) is 1. The largest absolute Gasteiger partial charge is 0.316 e. The van der Waals surface area contributed by atoms with Gasteiger partial charge in [-0.2, -0.15) is 0 Å². The Morgan fingerprint density at radius 1 is 0.895 bits per heavy atom. The van der Waals surface area contributed by atoms with E-state index in [9.17, 15) is 8.78 Å². The van der Waals surface area contributed by atoms with Crippen molar-refractivity contribution in [2.24, 2.45) is 0 Å². The highest BCUT2D eigenvalue weighted by molar-refractivity contribution is 5.21. The van der Waals surface area contributed by atoms with Crippen LogP contribution < -0.4 is 5.32 Å².